The Morgan fingerprint density at radius 3 is 2.93 bits per heavy atom. The minimum Gasteiger partial charge on any atom is -0.481 e. The number of carboxylic acid groups (broad SMARTS) is 1. The van der Waals surface area contributed by atoms with E-state index in [1.165, 1.54) is 6.33 Å². The van der Waals surface area contributed by atoms with Gasteiger partial charge in [-0.2, -0.15) is 5.10 Å². The SMILES string of the molecule is CCCn1ncnc1CC1(C(=O)O)CC1. The molecule has 0 aliphatic heterocycles. The lowest BCUT2D eigenvalue weighted by molar-refractivity contribution is -0.143. The molecule has 1 aromatic rings. The molecular formula is C10H15N3O2. The summed E-state index contributed by atoms with van der Waals surface area (Å²) in [6, 6.07) is 0. The Morgan fingerprint density at radius 2 is 2.40 bits per heavy atom. The number of aromatic nitrogens is 3. The van der Waals surface area contributed by atoms with Gasteiger partial charge in [0.1, 0.15) is 12.2 Å². The van der Waals surface area contributed by atoms with Crippen molar-refractivity contribution in [1.29, 1.82) is 0 Å². The maximum Gasteiger partial charge on any atom is 0.310 e. The molecule has 0 spiro atoms. The number of nitrogens with zero attached hydrogens (tertiary/aromatic N) is 3. The van der Waals surface area contributed by atoms with Crippen molar-refractivity contribution in [2.24, 2.45) is 5.41 Å². The molecule has 0 bridgehead atoms. The van der Waals surface area contributed by atoms with Gasteiger partial charge in [0, 0.05) is 13.0 Å². The van der Waals surface area contributed by atoms with Crippen LogP contribution in [0.15, 0.2) is 6.33 Å². The maximum atomic E-state index is 11.0. The number of rotatable bonds is 5. The summed E-state index contributed by atoms with van der Waals surface area (Å²) in [4.78, 5) is 15.2. The molecule has 1 aliphatic rings. The van der Waals surface area contributed by atoms with E-state index in [-0.39, 0.29) is 0 Å². The second-order valence-electron chi connectivity index (χ2n) is 4.16. The molecule has 1 saturated carbocycles. The van der Waals surface area contributed by atoms with Gasteiger partial charge in [-0.05, 0) is 19.3 Å². The van der Waals surface area contributed by atoms with E-state index in [0.29, 0.717) is 6.42 Å². The Hall–Kier alpha value is -1.39. The highest BCUT2D eigenvalue weighted by Crippen LogP contribution is 2.48. The van der Waals surface area contributed by atoms with Gasteiger partial charge in [-0.1, -0.05) is 6.92 Å². The normalized spacial score (nSPS) is 17.7. The second-order valence-corrected chi connectivity index (χ2v) is 4.16. The summed E-state index contributed by atoms with van der Waals surface area (Å²) in [6.45, 7) is 2.88. The van der Waals surface area contributed by atoms with Crippen molar-refractivity contribution in [3.8, 4) is 0 Å². The fourth-order valence-corrected chi connectivity index (χ4v) is 1.74. The van der Waals surface area contributed by atoms with Gasteiger partial charge in [0.25, 0.3) is 0 Å². The fraction of sp³-hybridized carbons (Fsp3) is 0.700. The van der Waals surface area contributed by atoms with Crippen LogP contribution in [0.4, 0.5) is 0 Å². The first-order valence-corrected chi connectivity index (χ1v) is 5.28. The van der Waals surface area contributed by atoms with Gasteiger partial charge in [-0.25, -0.2) is 4.98 Å². The Bertz CT molecular complexity index is 368. The zero-order valence-corrected chi connectivity index (χ0v) is 8.81. The van der Waals surface area contributed by atoms with Gasteiger partial charge < -0.3 is 5.11 Å². The van der Waals surface area contributed by atoms with Crippen LogP contribution in [0.1, 0.15) is 32.0 Å². The van der Waals surface area contributed by atoms with E-state index in [2.05, 4.69) is 17.0 Å². The van der Waals surface area contributed by atoms with Crippen LogP contribution in [0.3, 0.4) is 0 Å². The monoisotopic (exact) mass is 209 g/mol. The molecule has 5 nitrogen and oxygen atoms in total. The molecule has 0 atom stereocenters. The topological polar surface area (TPSA) is 68.0 Å². The fourth-order valence-electron chi connectivity index (χ4n) is 1.74. The lowest BCUT2D eigenvalue weighted by Gasteiger charge is -2.09. The predicted octanol–water partition coefficient (Wildman–Crippen LogP) is 1.10. The highest BCUT2D eigenvalue weighted by Gasteiger charge is 2.51. The summed E-state index contributed by atoms with van der Waals surface area (Å²) in [6.07, 6.45) is 4.53. The van der Waals surface area contributed by atoms with Crippen LogP contribution in [0, 0.1) is 5.41 Å². The van der Waals surface area contributed by atoms with Crippen molar-refractivity contribution in [2.45, 2.75) is 39.2 Å². The molecule has 0 aromatic carbocycles. The summed E-state index contributed by atoms with van der Waals surface area (Å²) < 4.78 is 1.81. The number of carbonyl (C=O) groups is 1. The van der Waals surface area contributed by atoms with Crippen LogP contribution in [-0.4, -0.2) is 25.8 Å². The highest BCUT2D eigenvalue weighted by molar-refractivity contribution is 5.78. The molecule has 0 amide bonds. The molecule has 0 saturated heterocycles. The van der Waals surface area contributed by atoms with E-state index in [1.807, 2.05) is 4.68 Å². The zero-order chi connectivity index (χ0) is 10.9. The average Bonchev–Trinajstić information content (AvgIpc) is 2.85. The quantitative estimate of drug-likeness (QED) is 0.788. The minimum atomic E-state index is -0.700. The second kappa shape index (κ2) is 3.64. The number of carboxylic acids is 1. The lowest BCUT2D eigenvalue weighted by atomic mass is 10.0. The number of hydrogen-bond acceptors (Lipinski definition) is 3. The first-order valence-electron chi connectivity index (χ1n) is 5.28. The Balaban J connectivity index is 2.10. The molecule has 0 unspecified atom stereocenters. The Labute approximate surface area is 88.1 Å². The minimum absolute atomic E-state index is 0.516. The summed E-state index contributed by atoms with van der Waals surface area (Å²) in [5, 5.41) is 13.2. The number of aryl methyl sites for hydroxylation is 1. The molecule has 1 N–H and O–H groups in total. The van der Waals surface area contributed by atoms with Gasteiger partial charge in [-0.15, -0.1) is 0 Å². The Kier molecular flexibility index (Phi) is 2.46. The summed E-state index contributed by atoms with van der Waals surface area (Å²) >= 11 is 0. The van der Waals surface area contributed by atoms with E-state index in [9.17, 15) is 4.79 Å². The van der Waals surface area contributed by atoms with Crippen LogP contribution in [0.25, 0.3) is 0 Å². The van der Waals surface area contributed by atoms with Crippen LogP contribution >= 0.6 is 0 Å². The van der Waals surface area contributed by atoms with Crippen LogP contribution < -0.4 is 0 Å². The van der Waals surface area contributed by atoms with E-state index >= 15 is 0 Å². The van der Waals surface area contributed by atoms with Gasteiger partial charge in [0.15, 0.2) is 0 Å². The van der Waals surface area contributed by atoms with Crippen molar-refractivity contribution in [3.63, 3.8) is 0 Å². The van der Waals surface area contributed by atoms with Crippen LogP contribution in [0.5, 0.6) is 0 Å². The molecular weight excluding hydrogens is 194 g/mol. The zero-order valence-electron chi connectivity index (χ0n) is 8.81. The van der Waals surface area contributed by atoms with Gasteiger partial charge in [0.05, 0.1) is 5.41 Å². The van der Waals surface area contributed by atoms with Crippen LogP contribution in [0.2, 0.25) is 0 Å². The standard InChI is InChI=1S/C10H15N3O2/c1-2-5-13-8(11-7-12-13)6-10(3-4-10)9(14)15/h7H,2-6H2,1H3,(H,14,15). The predicted molar refractivity (Wildman–Crippen MR) is 53.3 cm³/mol. The van der Waals surface area contributed by atoms with Crippen molar-refractivity contribution >= 4 is 5.97 Å². The third-order valence-corrected chi connectivity index (χ3v) is 2.93. The van der Waals surface area contributed by atoms with Gasteiger partial charge >= 0.3 is 5.97 Å². The van der Waals surface area contributed by atoms with E-state index < -0.39 is 11.4 Å². The van der Waals surface area contributed by atoms with Crippen molar-refractivity contribution in [2.75, 3.05) is 0 Å². The lowest BCUT2D eigenvalue weighted by Crippen LogP contribution is -2.20. The molecule has 2 rings (SSSR count). The smallest absolute Gasteiger partial charge is 0.310 e. The summed E-state index contributed by atoms with van der Waals surface area (Å²) in [7, 11) is 0. The molecule has 1 fully saturated rings. The average molecular weight is 209 g/mol. The summed E-state index contributed by atoms with van der Waals surface area (Å²) in [5.41, 5.74) is -0.543. The van der Waals surface area contributed by atoms with Crippen LogP contribution in [-0.2, 0) is 17.8 Å². The molecule has 1 aromatic heterocycles. The largest absolute Gasteiger partial charge is 0.481 e. The van der Waals surface area contributed by atoms with Gasteiger partial charge in [-0.3, -0.25) is 9.48 Å². The first kappa shape index (κ1) is 10.1. The van der Waals surface area contributed by atoms with Crippen molar-refractivity contribution in [1.82, 2.24) is 14.8 Å². The maximum absolute atomic E-state index is 11.0. The molecule has 0 radical (unpaired) electrons. The molecule has 15 heavy (non-hydrogen) atoms. The number of hydrogen-bond donors (Lipinski definition) is 1. The highest BCUT2D eigenvalue weighted by atomic mass is 16.4. The molecule has 82 valence electrons. The van der Waals surface area contributed by atoms with Crippen molar-refractivity contribution in [3.05, 3.63) is 12.2 Å². The molecule has 1 aliphatic carbocycles. The number of aliphatic carboxylic acids is 1. The van der Waals surface area contributed by atoms with Crippen molar-refractivity contribution < 1.29 is 9.90 Å². The van der Waals surface area contributed by atoms with E-state index in [4.69, 9.17) is 5.11 Å². The molecule has 5 heteroatoms. The third-order valence-electron chi connectivity index (χ3n) is 2.93. The van der Waals surface area contributed by atoms with E-state index in [0.717, 1.165) is 31.6 Å². The summed E-state index contributed by atoms with van der Waals surface area (Å²) in [5.74, 6) is 0.102. The molecule has 1 heterocycles. The van der Waals surface area contributed by atoms with Gasteiger partial charge in [0.2, 0.25) is 0 Å². The third kappa shape index (κ3) is 1.86. The van der Waals surface area contributed by atoms with E-state index in [1.54, 1.807) is 0 Å². The Morgan fingerprint density at radius 1 is 1.67 bits per heavy atom. The first-order chi connectivity index (χ1) is 7.18.